The van der Waals surface area contributed by atoms with Crippen LogP contribution in [-0.2, 0) is 20.0 Å². The molecular formula is C20H18BrF2N5O. The van der Waals surface area contributed by atoms with Gasteiger partial charge in [0.15, 0.2) is 0 Å². The molecule has 0 bridgehead atoms. The Morgan fingerprint density at radius 1 is 1.21 bits per heavy atom. The van der Waals surface area contributed by atoms with Gasteiger partial charge in [-0.2, -0.15) is 5.10 Å². The number of carbonyl (C=O) groups excluding carboxylic acids is 1. The maximum atomic E-state index is 13.5. The SMILES string of the molecule is Cn1ncc(Br)c1-c1cc2c(cn1)C(=O)N([C@H](CN)Cc1cc(F)cc(F)c1)C2. The monoisotopic (exact) mass is 461 g/mol. The Bertz CT molecular complexity index is 1060. The number of halogens is 3. The van der Waals surface area contributed by atoms with Crippen molar-refractivity contribution < 1.29 is 13.6 Å². The predicted molar refractivity (Wildman–Crippen MR) is 107 cm³/mol. The number of hydrogen-bond acceptors (Lipinski definition) is 4. The lowest BCUT2D eigenvalue weighted by Gasteiger charge is -2.26. The second-order valence-electron chi connectivity index (χ2n) is 7.00. The number of benzene rings is 1. The van der Waals surface area contributed by atoms with Gasteiger partial charge < -0.3 is 10.6 Å². The van der Waals surface area contributed by atoms with Crippen LogP contribution in [0.25, 0.3) is 11.4 Å². The Labute approximate surface area is 174 Å². The molecule has 0 saturated heterocycles. The van der Waals surface area contributed by atoms with Crippen molar-refractivity contribution in [3.05, 3.63) is 69.5 Å². The van der Waals surface area contributed by atoms with Gasteiger partial charge in [-0.25, -0.2) is 8.78 Å². The van der Waals surface area contributed by atoms with Gasteiger partial charge in [-0.1, -0.05) is 0 Å². The van der Waals surface area contributed by atoms with Crippen LogP contribution in [-0.4, -0.2) is 38.2 Å². The van der Waals surface area contributed by atoms with Crippen LogP contribution in [0.15, 0.2) is 41.1 Å². The molecule has 150 valence electrons. The van der Waals surface area contributed by atoms with E-state index in [1.807, 2.05) is 13.1 Å². The molecule has 0 saturated carbocycles. The van der Waals surface area contributed by atoms with Gasteiger partial charge in [0.05, 0.1) is 21.9 Å². The third-order valence-electron chi connectivity index (χ3n) is 5.06. The Morgan fingerprint density at radius 2 is 1.93 bits per heavy atom. The van der Waals surface area contributed by atoms with Crippen LogP contribution in [0.3, 0.4) is 0 Å². The highest BCUT2D eigenvalue weighted by molar-refractivity contribution is 9.10. The fourth-order valence-electron chi connectivity index (χ4n) is 3.68. The molecule has 0 spiro atoms. The van der Waals surface area contributed by atoms with Crippen LogP contribution in [0, 0.1) is 11.6 Å². The number of aromatic nitrogens is 3. The Balaban J connectivity index is 1.61. The molecule has 1 amide bonds. The summed E-state index contributed by atoms with van der Waals surface area (Å²) < 4.78 is 29.6. The highest BCUT2D eigenvalue weighted by atomic mass is 79.9. The van der Waals surface area contributed by atoms with Crippen molar-refractivity contribution in [1.82, 2.24) is 19.7 Å². The number of fused-ring (bicyclic) bond motifs is 1. The van der Waals surface area contributed by atoms with Crippen molar-refractivity contribution in [2.24, 2.45) is 12.8 Å². The standard InChI is InChI=1S/C20H18BrF2N5O/c1-27-19(17(21)9-26-27)18-5-12-10-28(20(29)16(12)8-25-18)15(7-24)4-11-2-13(22)6-14(23)3-11/h2-3,5-6,8-9,15H,4,7,10,24H2,1H3/t15-/m0/s1. The van der Waals surface area contributed by atoms with E-state index in [9.17, 15) is 13.6 Å². The van der Waals surface area contributed by atoms with Crippen molar-refractivity contribution in [3.63, 3.8) is 0 Å². The summed E-state index contributed by atoms with van der Waals surface area (Å²) in [5, 5.41) is 4.19. The Morgan fingerprint density at radius 3 is 2.55 bits per heavy atom. The van der Waals surface area contributed by atoms with E-state index >= 15 is 0 Å². The van der Waals surface area contributed by atoms with E-state index in [0.717, 1.165) is 21.8 Å². The molecule has 0 radical (unpaired) electrons. The average molecular weight is 462 g/mol. The first-order valence-corrected chi connectivity index (χ1v) is 9.79. The minimum absolute atomic E-state index is 0.172. The smallest absolute Gasteiger partial charge is 0.256 e. The van der Waals surface area contributed by atoms with Crippen molar-refractivity contribution >= 4 is 21.8 Å². The average Bonchev–Trinajstić information content (AvgIpc) is 3.17. The zero-order chi connectivity index (χ0) is 20.7. The van der Waals surface area contributed by atoms with E-state index in [1.54, 1.807) is 22.0 Å². The van der Waals surface area contributed by atoms with Gasteiger partial charge in [-0.3, -0.25) is 14.5 Å². The molecule has 1 aliphatic heterocycles. The van der Waals surface area contributed by atoms with E-state index < -0.39 is 11.6 Å². The topological polar surface area (TPSA) is 77.0 Å². The van der Waals surface area contributed by atoms with Crippen LogP contribution in [0.5, 0.6) is 0 Å². The van der Waals surface area contributed by atoms with Crippen LogP contribution in [0.2, 0.25) is 0 Å². The number of rotatable bonds is 5. The van der Waals surface area contributed by atoms with E-state index in [4.69, 9.17) is 5.73 Å². The van der Waals surface area contributed by atoms with Gasteiger partial charge in [0.1, 0.15) is 17.3 Å². The molecule has 9 heteroatoms. The molecular weight excluding hydrogens is 444 g/mol. The molecule has 0 unspecified atom stereocenters. The third-order valence-corrected chi connectivity index (χ3v) is 5.65. The number of hydrogen-bond donors (Lipinski definition) is 1. The third kappa shape index (κ3) is 3.67. The molecule has 0 aliphatic carbocycles. The lowest BCUT2D eigenvalue weighted by atomic mass is 10.0. The number of pyridine rings is 1. The van der Waals surface area contributed by atoms with Gasteiger partial charge in [-0.15, -0.1) is 0 Å². The predicted octanol–water partition coefficient (Wildman–Crippen LogP) is 3.05. The number of amides is 1. The first kappa shape index (κ1) is 19.7. The normalized spacial score (nSPS) is 14.4. The number of nitrogens with two attached hydrogens (primary N) is 1. The van der Waals surface area contributed by atoms with E-state index in [1.165, 1.54) is 12.1 Å². The molecule has 0 fully saturated rings. The van der Waals surface area contributed by atoms with Crippen LogP contribution >= 0.6 is 15.9 Å². The van der Waals surface area contributed by atoms with Crippen molar-refractivity contribution in [3.8, 4) is 11.4 Å². The van der Waals surface area contributed by atoms with Crippen LogP contribution < -0.4 is 5.73 Å². The second-order valence-corrected chi connectivity index (χ2v) is 7.85. The van der Waals surface area contributed by atoms with Gasteiger partial charge in [0, 0.05) is 38.4 Å². The quantitative estimate of drug-likeness (QED) is 0.633. The van der Waals surface area contributed by atoms with Crippen LogP contribution in [0.1, 0.15) is 21.5 Å². The molecule has 1 aliphatic rings. The van der Waals surface area contributed by atoms with E-state index in [2.05, 4.69) is 26.0 Å². The molecule has 1 aromatic carbocycles. The number of aryl methyl sites for hydroxylation is 1. The summed E-state index contributed by atoms with van der Waals surface area (Å²) in [6.45, 7) is 0.532. The summed E-state index contributed by atoms with van der Waals surface area (Å²) in [5.74, 6) is -1.49. The summed E-state index contributed by atoms with van der Waals surface area (Å²) in [6.07, 6.45) is 3.50. The summed E-state index contributed by atoms with van der Waals surface area (Å²) in [5.41, 5.74) is 9.21. The van der Waals surface area contributed by atoms with Gasteiger partial charge in [-0.05, 0) is 51.7 Å². The van der Waals surface area contributed by atoms with Crippen molar-refractivity contribution in [2.75, 3.05) is 6.54 Å². The largest absolute Gasteiger partial charge is 0.330 e. The van der Waals surface area contributed by atoms with Crippen molar-refractivity contribution in [1.29, 1.82) is 0 Å². The van der Waals surface area contributed by atoms with Gasteiger partial charge in [0.2, 0.25) is 0 Å². The summed E-state index contributed by atoms with van der Waals surface area (Å²) in [6, 6.07) is 4.83. The number of nitrogens with zero attached hydrogens (tertiary/aromatic N) is 4. The summed E-state index contributed by atoms with van der Waals surface area (Å²) in [4.78, 5) is 19.0. The lowest BCUT2D eigenvalue weighted by molar-refractivity contribution is 0.0708. The zero-order valence-electron chi connectivity index (χ0n) is 15.6. The minimum Gasteiger partial charge on any atom is -0.330 e. The highest BCUT2D eigenvalue weighted by Crippen LogP contribution is 2.31. The molecule has 3 aromatic rings. The Hall–Kier alpha value is -2.65. The lowest BCUT2D eigenvalue weighted by Crippen LogP contribution is -2.42. The molecule has 6 nitrogen and oxygen atoms in total. The highest BCUT2D eigenvalue weighted by Gasteiger charge is 2.33. The molecule has 4 rings (SSSR count). The molecule has 2 aromatic heterocycles. The fraction of sp³-hybridized carbons (Fsp3) is 0.250. The van der Waals surface area contributed by atoms with Crippen molar-refractivity contribution in [2.45, 2.75) is 19.0 Å². The maximum absolute atomic E-state index is 13.5. The summed E-state index contributed by atoms with van der Waals surface area (Å²) >= 11 is 3.46. The zero-order valence-corrected chi connectivity index (χ0v) is 17.2. The van der Waals surface area contributed by atoms with Gasteiger partial charge >= 0.3 is 0 Å². The van der Waals surface area contributed by atoms with E-state index in [-0.39, 0.29) is 24.9 Å². The molecule has 2 N–H and O–H groups in total. The molecule has 29 heavy (non-hydrogen) atoms. The van der Waals surface area contributed by atoms with Gasteiger partial charge in [0.25, 0.3) is 5.91 Å². The van der Waals surface area contributed by atoms with Crippen LogP contribution in [0.4, 0.5) is 8.78 Å². The first-order valence-electron chi connectivity index (χ1n) is 9.00. The summed E-state index contributed by atoms with van der Waals surface area (Å²) in [7, 11) is 1.81. The fourth-order valence-corrected chi connectivity index (χ4v) is 4.23. The second kappa shape index (κ2) is 7.64. The Kier molecular flexibility index (Phi) is 5.18. The molecule has 3 heterocycles. The first-order chi connectivity index (χ1) is 13.9. The molecule has 1 atom stereocenters. The number of carbonyl (C=O) groups is 1. The minimum atomic E-state index is -0.651. The maximum Gasteiger partial charge on any atom is 0.256 e. The van der Waals surface area contributed by atoms with E-state index in [0.29, 0.717) is 23.4 Å².